The van der Waals surface area contributed by atoms with E-state index in [1.807, 2.05) is 19.2 Å². The highest BCUT2D eigenvalue weighted by Crippen LogP contribution is 2.33. The molecule has 2 nitrogen and oxygen atoms in total. The van der Waals surface area contributed by atoms with Crippen LogP contribution in [-0.4, -0.2) is 14.2 Å². The summed E-state index contributed by atoms with van der Waals surface area (Å²) in [4.78, 5) is 0. The molecule has 0 fully saturated rings. The number of aryl methyl sites for hydroxylation is 2. The summed E-state index contributed by atoms with van der Waals surface area (Å²) in [6.45, 7) is 4.27. The number of rotatable bonds is 4. The molecule has 2 aromatic carbocycles. The first-order valence-electron chi connectivity index (χ1n) is 6.64. The molecule has 106 valence electrons. The highest BCUT2D eigenvalue weighted by atomic mass is 79.9. The minimum absolute atomic E-state index is 0.138. The van der Waals surface area contributed by atoms with Crippen molar-refractivity contribution >= 4 is 15.9 Å². The molecule has 1 unspecified atom stereocenters. The lowest BCUT2D eigenvalue weighted by Gasteiger charge is -2.22. The summed E-state index contributed by atoms with van der Waals surface area (Å²) in [5, 5.41) is 3.41. The first kappa shape index (κ1) is 15.1. The van der Waals surface area contributed by atoms with Gasteiger partial charge in [-0.3, -0.25) is 0 Å². The maximum Gasteiger partial charge on any atom is 0.119 e. The molecule has 0 aliphatic rings. The third-order valence-corrected chi connectivity index (χ3v) is 4.27. The molecule has 20 heavy (non-hydrogen) atoms. The second-order valence-electron chi connectivity index (χ2n) is 4.97. The third-order valence-electron chi connectivity index (χ3n) is 3.55. The van der Waals surface area contributed by atoms with Crippen LogP contribution in [0.3, 0.4) is 0 Å². The van der Waals surface area contributed by atoms with E-state index >= 15 is 0 Å². The Morgan fingerprint density at radius 1 is 1.05 bits per heavy atom. The highest BCUT2D eigenvalue weighted by Gasteiger charge is 2.17. The lowest BCUT2D eigenvalue weighted by Crippen LogP contribution is -2.19. The lowest BCUT2D eigenvalue weighted by atomic mass is 9.93. The molecule has 0 spiro atoms. The quantitative estimate of drug-likeness (QED) is 0.896. The Labute approximate surface area is 129 Å². The van der Waals surface area contributed by atoms with Gasteiger partial charge < -0.3 is 10.1 Å². The van der Waals surface area contributed by atoms with Crippen LogP contribution in [0.5, 0.6) is 5.75 Å². The van der Waals surface area contributed by atoms with E-state index in [9.17, 15) is 0 Å². The smallest absolute Gasteiger partial charge is 0.119 e. The van der Waals surface area contributed by atoms with Gasteiger partial charge in [-0.25, -0.2) is 0 Å². The van der Waals surface area contributed by atoms with Crippen molar-refractivity contribution in [3.05, 3.63) is 63.1 Å². The summed E-state index contributed by atoms with van der Waals surface area (Å²) in [5.74, 6) is 0.869. The summed E-state index contributed by atoms with van der Waals surface area (Å²) in [6.07, 6.45) is 0. The van der Waals surface area contributed by atoms with E-state index in [-0.39, 0.29) is 6.04 Å². The van der Waals surface area contributed by atoms with Crippen molar-refractivity contribution in [2.24, 2.45) is 0 Å². The molecule has 1 N–H and O–H groups in total. The molecule has 0 bridgehead atoms. The molecule has 2 rings (SSSR count). The summed E-state index contributed by atoms with van der Waals surface area (Å²) in [6, 6.07) is 12.8. The van der Waals surface area contributed by atoms with E-state index in [1.165, 1.54) is 22.3 Å². The molecule has 0 amide bonds. The van der Waals surface area contributed by atoms with Crippen molar-refractivity contribution in [2.75, 3.05) is 14.2 Å². The normalized spacial score (nSPS) is 12.2. The first-order valence-corrected chi connectivity index (χ1v) is 7.44. The average Bonchev–Trinajstić information content (AvgIpc) is 2.45. The zero-order valence-corrected chi connectivity index (χ0v) is 13.9. The predicted molar refractivity (Wildman–Crippen MR) is 87.5 cm³/mol. The summed E-state index contributed by atoms with van der Waals surface area (Å²) < 4.78 is 6.43. The highest BCUT2D eigenvalue weighted by molar-refractivity contribution is 9.10. The molecule has 0 aromatic heterocycles. The van der Waals surface area contributed by atoms with Crippen molar-refractivity contribution in [3.8, 4) is 5.75 Å². The molecule has 0 saturated heterocycles. The van der Waals surface area contributed by atoms with E-state index in [0.717, 1.165) is 10.2 Å². The molecule has 0 aliphatic heterocycles. The maximum absolute atomic E-state index is 5.35. The number of nitrogens with one attached hydrogen (secondary N) is 1. The number of methoxy groups -OCH3 is 1. The number of ether oxygens (including phenoxy) is 1. The Bertz CT molecular complexity index is 610. The zero-order chi connectivity index (χ0) is 14.7. The van der Waals surface area contributed by atoms with Gasteiger partial charge in [-0.15, -0.1) is 0 Å². The number of benzene rings is 2. The van der Waals surface area contributed by atoms with Crippen LogP contribution >= 0.6 is 15.9 Å². The molecule has 3 heteroatoms. The van der Waals surface area contributed by atoms with Crippen LogP contribution in [0, 0.1) is 13.8 Å². The molecular weight excluding hydrogens is 314 g/mol. The van der Waals surface area contributed by atoms with Crippen molar-refractivity contribution in [3.63, 3.8) is 0 Å². The first-order chi connectivity index (χ1) is 9.56. The largest absolute Gasteiger partial charge is 0.497 e. The van der Waals surface area contributed by atoms with Crippen molar-refractivity contribution in [1.82, 2.24) is 5.32 Å². The molecule has 1 atom stereocenters. The van der Waals surface area contributed by atoms with Crippen LogP contribution in [0.25, 0.3) is 0 Å². The minimum atomic E-state index is 0.138. The van der Waals surface area contributed by atoms with Gasteiger partial charge >= 0.3 is 0 Å². The fourth-order valence-corrected chi connectivity index (χ4v) is 2.90. The summed E-state index contributed by atoms with van der Waals surface area (Å²) in [5.41, 5.74) is 5.02. The van der Waals surface area contributed by atoms with Crippen LogP contribution < -0.4 is 10.1 Å². The van der Waals surface area contributed by atoms with Crippen molar-refractivity contribution in [1.29, 1.82) is 0 Å². The number of hydrogen-bond acceptors (Lipinski definition) is 2. The third kappa shape index (κ3) is 3.05. The van der Waals surface area contributed by atoms with Crippen LogP contribution in [0.4, 0.5) is 0 Å². The molecule has 2 aromatic rings. The van der Waals surface area contributed by atoms with Crippen LogP contribution in [0.1, 0.15) is 28.3 Å². The topological polar surface area (TPSA) is 21.3 Å². The zero-order valence-electron chi connectivity index (χ0n) is 12.3. The van der Waals surface area contributed by atoms with Gasteiger partial charge in [0.15, 0.2) is 0 Å². The van der Waals surface area contributed by atoms with E-state index in [0.29, 0.717) is 0 Å². The van der Waals surface area contributed by atoms with Crippen molar-refractivity contribution in [2.45, 2.75) is 19.9 Å². The van der Waals surface area contributed by atoms with Gasteiger partial charge in [-0.2, -0.15) is 0 Å². The maximum atomic E-state index is 5.35. The van der Waals surface area contributed by atoms with Crippen LogP contribution in [-0.2, 0) is 0 Å². The van der Waals surface area contributed by atoms with Gasteiger partial charge in [-0.05, 0) is 55.8 Å². The van der Waals surface area contributed by atoms with Gasteiger partial charge in [0, 0.05) is 4.47 Å². The summed E-state index contributed by atoms with van der Waals surface area (Å²) in [7, 11) is 3.68. The standard InChI is InChI=1S/C17H20BrNO/c1-11-5-6-12(2)14(9-11)17(19-3)15-10-13(20-4)7-8-16(15)18/h5-10,17,19H,1-4H3. The second kappa shape index (κ2) is 6.42. The molecule has 0 radical (unpaired) electrons. The van der Waals surface area contributed by atoms with Crippen LogP contribution in [0.15, 0.2) is 40.9 Å². The monoisotopic (exact) mass is 333 g/mol. The van der Waals surface area contributed by atoms with E-state index in [1.54, 1.807) is 7.11 Å². The second-order valence-corrected chi connectivity index (χ2v) is 5.82. The van der Waals surface area contributed by atoms with Crippen molar-refractivity contribution < 1.29 is 4.74 Å². The van der Waals surface area contributed by atoms with Crippen LogP contribution in [0.2, 0.25) is 0 Å². The summed E-state index contributed by atoms with van der Waals surface area (Å²) >= 11 is 3.65. The van der Waals surface area contributed by atoms with E-state index in [4.69, 9.17) is 4.74 Å². The van der Waals surface area contributed by atoms with E-state index in [2.05, 4.69) is 59.4 Å². The van der Waals surface area contributed by atoms with E-state index < -0.39 is 0 Å². The lowest BCUT2D eigenvalue weighted by molar-refractivity contribution is 0.413. The molecule has 0 heterocycles. The molecule has 0 saturated carbocycles. The van der Waals surface area contributed by atoms with Gasteiger partial charge in [0.05, 0.1) is 13.2 Å². The minimum Gasteiger partial charge on any atom is -0.497 e. The molecule has 0 aliphatic carbocycles. The van der Waals surface area contributed by atoms with Gasteiger partial charge in [0.2, 0.25) is 0 Å². The van der Waals surface area contributed by atoms with Gasteiger partial charge in [0.1, 0.15) is 5.75 Å². The molecular formula is C17H20BrNO. The Kier molecular flexibility index (Phi) is 4.84. The Morgan fingerprint density at radius 3 is 2.45 bits per heavy atom. The predicted octanol–water partition coefficient (Wildman–Crippen LogP) is 4.38. The Hall–Kier alpha value is -1.32. The fraction of sp³-hybridized carbons (Fsp3) is 0.294. The number of halogens is 1. The van der Waals surface area contributed by atoms with Gasteiger partial charge in [0.25, 0.3) is 0 Å². The van der Waals surface area contributed by atoms with Gasteiger partial charge in [-0.1, -0.05) is 39.7 Å². The Balaban J connectivity index is 2.54. The Morgan fingerprint density at radius 2 is 1.80 bits per heavy atom. The number of hydrogen-bond donors (Lipinski definition) is 1. The average molecular weight is 334 g/mol. The fourth-order valence-electron chi connectivity index (χ4n) is 2.42. The SMILES string of the molecule is CNC(c1cc(C)ccc1C)c1cc(OC)ccc1Br.